The van der Waals surface area contributed by atoms with E-state index in [1.807, 2.05) is 0 Å². The van der Waals surface area contributed by atoms with E-state index in [0.29, 0.717) is 0 Å². The van der Waals surface area contributed by atoms with Crippen LogP contribution < -0.4 is 5.32 Å². The molecule has 0 unspecified atom stereocenters. The average Bonchev–Trinajstić information content (AvgIpc) is 2.15. The lowest BCUT2D eigenvalue weighted by Gasteiger charge is -2.22. The molecule has 0 aromatic carbocycles. The van der Waals surface area contributed by atoms with E-state index in [2.05, 4.69) is 10.1 Å². The maximum Gasteiger partial charge on any atom is 0.408 e. The molecule has 0 aromatic heterocycles. The number of amides is 1. The van der Waals surface area contributed by atoms with Crippen LogP contribution in [0.5, 0.6) is 0 Å². The van der Waals surface area contributed by atoms with Crippen molar-refractivity contribution in [2.45, 2.75) is 38.1 Å². The highest BCUT2D eigenvalue weighted by Crippen LogP contribution is 2.17. The van der Waals surface area contributed by atoms with Gasteiger partial charge in [0, 0.05) is 12.3 Å². The van der Waals surface area contributed by atoms with Crippen molar-refractivity contribution in [2.24, 2.45) is 0 Å². The number of rotatable bonds is 3. The van der Waals surface area contributed by atoms with Gasteiger partial charge in [-0.25, -0.2) is 13.2 Å². The standard InChI is InChI=1S/C9H17NO4S/c1-15(12,13)7-14-9(11)10-8-5-3-2-4-6-8/h8H,2-7H2,1H3,(H,10,11). The van der Waals surface area contributed by atoms with Crippen molar-refractivity contribution in [3.63, 3.8) is 0 Å². The summed E-state index contributed by atoms with van der Waals surface area (Å²) >= 11 is 0. The molecule has 0 bridgehead atoms. The molecule has 0 radical (unpaired) electrons. The van der Waals surface area contributed by atoms with Crippen LogP contribution in [0, 0.1) is 0 Å². The third-order valence-electron chi connectivity index (χ3n) is 2.33. The van der Waals surface area contributed by atoms with Gasteiger partial charge in [0.2, 0.25) is 0 Å². The number of nitrogens with one attached hydrogen (secondary N) is 1. The van der Waals surface area contributed by atoms with E-state index in [1.165, 1.54) is 6.42 Å². The molecule has 0 atom stereocenters. The van der Waals surface area contributed by atoms with E-state index in [-0.39, 0.29) is 6.04 Å². The minimum absolute atomic E-state index is 0.144. The molecule has 0 heterocycles. The molecule has 0 saturated heterocycles. The Morgan fingerprint density at radius 2 is 1.93 bits per heavy atom. The Labute approximate surface area is 90.1 Å². The Hall–Kier alpha value is -0.780. The monoisotopic (exact) mass is 235 g/mol. The van der Waals surface area contributed by atoms with Crippen LogP contribution >= 0.6 is 0 Å². The number of sulfone groups is 1. The molecule has 15 heavy (non-hydrogen) atoms. The predicted molar refractivity (Wildman–Crippen MR) is 56.2 cm³/mol. The topological polar surface area (TPSA) is 72.5 Å². The summed E-state index contributed by atoms with van der Waals surface area (Å²) < 4.78 is 26.0. The van der Waals surface area contributed by atoms with Crippen molar-refractivity contribution < 1.29 is 17.9 Å². The summed E-state index contributed by atoms with van der Waals surface area (Å²) in [5, 5.41) is 2.67. The van der Waals surface area contributed by atoms with Gasteiger partial charge < -0.3 is 10.1 Å². The van der Waals surface area contributed by atoms with E-state index in [1.54, 1.807) is 0 Å². The lowest BCUT2D eigenvalue weighted by Crippen LogP contribution is -2.37. The van der Waals surface area contributed by atoms with Crippen LogP contribution in [0.2, 0.25) is 0 Å². The molecule has 1 aliphatic carbocycles. The van der Waals surface area contributed by atoms with E-state index < -0.39 is 21.9 Å². The summed E-state index contributed by atoms with van der Waals surface area (Å²) in [7, 11) is -3.24. The number of hydrogen-bond donors (Lipinski definition) is 1. The van der Waals surface area contributed by atoms with Crippen LogP contribution in [0.25, 0.3) is 0 Å². The van der Waals surface area contributed by atoms with Crippen LogP contribution in [0.1, 0.15) is 32.1 Å². The molecule has 5 nitrogen and oxygen atoms in total. The Morgan fingerprint density at radius 1 is 1.33 bits per heavy atom. The Morgan fingerprint density at radius 3 is 2.47 bits per heavy atom. The van der Waals surface area contributed by atoms with Gasteiger partial charge in [0.15, 0.2) is 15.8 Å². The lowest BCUT2D eigenvalue weighted by molar-refractivity contribution is 0.156. The Kier molecular flexibility index (Phi) is 4.38. The molecule has 1 aliphatic rings. The summed E-state index contributed by atoms with van der Waals surface area (Å²) in [6.45, 7) is 0. The predicted octanol–water partition coefficient (Wildman–Crippen LogP) is 1.05. The van der Waals surface area contributed by atoms with Gasteiger partial charge in [-0.1, -0.05) is 19.3 Å². The van der Waals surface area contributed by atoms with Crippen LogP contribution in [0.3, 0.4) is 0 Å². The van der Waals surface area contributed by atoms with Gasteiger partial charge in [-0.15, -0.1) is 0 Å². The van der Waals surface area contributed by atoms with Crippen molar-refractivity contribution in [1.29, 1.82) is 0 Å². The molecule has 1 rings (SSSR count). The largest absolute Gasteiger partial charge is 0.433 e. The molecule has 1 N–H and O–H groups in total. The fraction of sp³-hybridized carbons (Fsp3) is 0.889. The van der Waals surface area contributed by atoms with E-state index in [4.69, 9.17) is 0 Å². The molecule has 1 amide bonds. The van der Waals surface area contributed by atoms with Crippen LogP contribution in [0.15, 0.2) is 0 Å². The maximum atomic E-state index is 11.2. The normalized spacial score (nSPS) is 18.5. The number of ether oxygens (including phenoxy) is 1. The highest BCUT2D eigenvalue weighted by atomic mass is 32.2. The summed E-state index contributed by atoms with van der Waals surface area (Å²) in [6, 6.07) is 0.144. The van der Waals surface area contributed by atoms with Gasteiger partial charge >= 0.3 is 6.09 Å². The quantitative estimate of drug-likeness (QED) is 0.793. The van der Waals surface area contributed by atoms with Crippen LogP contribution in [-0.4, -0.2) is 32.7 Å². The smallest absolute Gasteiger partial charge is 0.408 e. The van der Waals surface area contributed by atoms with E-state index in [9.17, 15) is 13.2 Å². The summed E-state index contributed by atoms with van der Waals surface area (Å²) in [5.74, 6) is -0.550. The first kappa shape index (κ1) is 12.3. The zero-order valence-electron chi connectivity index (χ0n) is 8.86. The van der Waals surface area contributed by atoms with E-state index >= 15 is 0 Å². The first-order valence-electron chi connectivity index (χ1n) is 5.08. The maximum absolute atomic E-state index is 11.2. The fourth-order valence-corrected chi connectivity index (χ4v) is 1.94. The summed E-state index contributed by atoms with van der Waals surface area (Å²) in [4.78, 5) is 11.2. The second-order valence-electron chi connectivity index (χ2n) is 3.95. The average molecular weight is 235 g/mol. The minimum atomic E-state index is -3.24. The third kappa shape index (κ3) is 5.61. The molecule has 88 valence electrons. The molecule has 1 fully saturated rings. The molecule has 0 aliphatic heterocycles. The number of hydrogen-bond acceptors (Lipinski definition) is 4. The number of carbonyl (C=O) groups excluding carboxylic acids is 1. The van der Waals surface area contributed by atoms with Crippen molar-refractivity contribution in [3.05, 3.63) is 0 Å². The van der Waals surface area contributed by atoms with Crippen molar-refractivity contribution >= 4 is 15.9 Å². The third-order valence-corrected chi connectivity index (χ3v) is 2.88. The molecular formula is C9H17NO4S. The fourth-order valence-electron chi connectivity index (χ4n) is 1.62. The highest BCUT2D eigenvalue weighted by molar-refractivity contribution is 7.90. The van der Waals surface area contributed by atoms with Gasteiger partial charge in [-0.2, -0.15) is 0 Å². The van der Waals surface area contributed by atoms with Crippen LogP contribution in [0.4, 0.5) is 4.79 Å². The molecule has 0 aromatic rings. The number of carbonyl (C=O) groups is 1. The zero-order valence-corrected chi connectivity index (χ0v) is 9.68. The van der Waals surface area contributed by atoms with Crippen molar-refractivity contribution in [1.82, 2.24) is 5.32 Å². The lowest BCUT2D eigenvalue weighted by atomic mass is 9.96. The van der Waals surface area contributed by atoms with Gasteiger partial charge in [0.1, 0.15) is 0 Å². The van der Waals surface area contributed by atoms with Crippen LogP contribution in [-0.2, 0) is 14.6 Å². The molecule has 0 spiro atoms. The highest BCUT2D eigenvalue weighted by Gasteiger charge is 2.17. The van der Waals surface area contributed by atoms with Crippen molar-refractivity contribution in [2.75, 3.05) is 12.2 Å². The first-order chi connectivity index (χ1) is 6.97. The second-order valence-corrected chi connectivity index (χ2v) is 6.04. The van der Waals surface area contributed by atoms with Crippen molar-refractivity contribution in [3.8, 4) is 0 Å². The SMILES string of the molecule is CS(=O)(=O)COC(=O)NC1CCCCC1. The first-order valence-corrected chi connectivity index (χ1v) is 7.14. The zero-order chi connectivity index (χ0) is 11.3. The second kappa shape index (κ2) is 5.34. The molecule has 6 heteroatoms. The molecular weight excluding hydrogens is 218 g/mol. The summed E-state index contributed by atoms with van der Waals surface area (Å²) in [5.41, 5.74) is 0. The van der Waals surface area contributed by atoms with E-state index in [0.717, 1.165) is 31.9 Å². The van der Waals surface area contributed by atoms with Gasteiger partial charge in [0.05, 0.1) is 0 Å². The Bertz CT molecular complexity index is 306. The Balaban J connectivity index is 2.23. The molecule has 1 saturated carbocycles. The minimum Gasteiger partial charge on any atom is -0.433 e. The number of alkyl carbamates (subject to hydrolysis) is 1. The van der Waals surface area contributed by atoms with Gasteiger partial charge in [-0.3, -0.25) is 0 Å². The van der Waals surface area contributed by atoms with Gasteiger partial charge in [0.25, 0.3) is 0 Å². The van der Waals surface area contributed by atoms with Gasteiger partial charge in [-0.05, 0) is 12.8 Å². The summed E-state index contributed by atoms with van der Waals surface area (Å²) in [6.07, 6.45) is 5.72.